The van der Waals surface area contributed by atoms with E-state index < -0.39 is 6.04 Å². The van der Waals surface area contributed by atoms with Crippen molar-refractivity contribution in [1.82, 2.24) is 9.88 Å². The van der Waals surface area contributed by atoms with E-state index in [4.69, 9.17) is 11.0 Å². The van der Waals surface area contributed by atoms with Crippen molar-refractivity contribution in [3.05, 3.63) is 17.8 Å². The first-order valence-corrected chi connectivity index (χ1v) is 5.26. The van der Waals surface area contributed by atoms with E-state index in [0.717, 1.165) is 4.90 Å². The smallest absolute Gasteiger partial charge is 0.251 e. The largest absolute Gasteiger partial charge is 0.395 e. The van der Waals surface area contributed by atoms with Gasteiger partial charge in [0, 0.05) is 13.2 Å². The third kappa shape index (κ3) is 1.84. The Morgan fingerprint density at radius 2 is 2.33 bits per heavy atom. The minimum absolute atomic E-state index is 0.0627. The number of likely N-dealkylation sites (N-methyl/N-ethyl adjacent to an activating group) is 1. The summed E-state index contributed by atoms with van der Waals surface area (Å²) in [6.07, 6.45) is 1.48. The molecule has 1 aliphatic rings. The number of nitrogens with zero attached hydrogens (tertiary/aromatic N) is 3. The molecule has 3 N–H and O–H groups in total. The number of anilines is 2. The van der Waals surface area contributed by atoms with Gasteiger partial charge in [0.1, 0.15) is 12.1 Å². The highest BCUT2D eigenvalue weighted by atomic mass is 16.2. The summed E-state index contributed by atoms with van der Waals surface area (Å²) < 4.78 is 0. The molecule has 0 aromatic carbocycles. The standard InChI is InChI=1S/C11H11N5O2/c1-16-8(17)4-7(11(16)18)15-10-9(13)6(5-12)2-3-14-10/h2-3,7H,4,13H2,1H3,(H,14,15). The van der Waals surface area contributed by atoms with Crippen LogP contribution in [0, 0.1) is 11.3 Å². The van der Waals surface area contributed by atoms with Crippen LogP contribution in [0.25, 0.3) is 0 Å². The normalized spacial score (nSPS) is 18.9. The molecule has 1 saturated heterocycles. The maximum Gasteiger partial charge on any atom is 0.251 e. The van der Waals surface area contributed by atoms with Gasteiger partial charge in [0.2, 0.25) is 5.91 Å². The Kier molecular flexibility index (Phi) is 2.85. The third-order valence-corrected chi connectivity index (χ3v) is 2.80. The minimum atomic E-state index is -0.675. The molecule has 7 heteroatoms. The topological polar surface area (TPSA) is 112 Å². The van der Waals surface area contributed by atoms with Gasteiger partial charge >= 0.3 is 0 Å². The van der Waals surface area contributed by atoms with E-state index >= 15 is 0 Å². The van der Waals surface area contributed by atoms with Gasteiger partial charge in [0.05, 0.1) is 17.7 Å². The van der Waals surface area contributed by atoms with Crippen molar-refractivity contribution >= 4 is 23.3 Å². The number of likely N-dealkylation sites (tertiary alicyclic amines) is 1. The molecule has 0 aliphatic carbocycles. The third-order valence-electron chi connectivity index (χ3n) is 2.80. The summed E-state index contributed by atoms with van der Waals surface area (Å²) in [5, 5.41) is 11.6. The fourth-order valence-corrected chi connectivity index (χ4v) is 1.72. The number of nitrogen functional groups attached to an aromatic ring is 1. The molecule has 18 heavy (non-hydrogen) atoms. The van der Waals surface area contributed by atoms with Crippen LogP contribution in [0.1, 0.15) is 12.0 Å². The number of nitriles is 1. The lowest BCUT2D eigenvalue weighted by Crippen LogP contribution is -2.32. The summed E-state index contributed by atoms with van der Waals surface area (Å²) in [5.74, 6) is -0.341. The van der Waals surface area contributed by atoms with E-state index in [1.807, 2.05) is 6.07 Å². The Morgan fingerprint density at radius 3 is 2.89 bits per heavy atom. The van der Waals surface area contributed by atoms with Crippen molar-refractivity contribution in [1.29, 1.82) is 5.26 Å². The van der Waals surface area contributed by atoms with Crippen LogP contribution < -0.4 is 11.1 Å². The number of nitrogens with one attached hydrogen (secondary N) is 1. The van der Waals surface area contributed by atoms with E-state index in [0.29, 0.717) is 0 Å². The van der Waals surface area contributed by atoms with Gasteiger partial charge in [0.15, 0.2) is 5.82 Å². The first-order chi connectivity index (χ1) is 8.54. The lowest BCUT2D eigenvalue weighted by molar-refractivity contribution is -0.136. The first-order valence-electron chi connectivity index (χ1n) is 5.26. The molecular formula is C11H11N5O2. The quantitative estimate of drug-likeness (QED) is 0.692. The van der Waals surface area contributed by atoms with E-state index in [-0.39, 0.29) is 35.3 Å². The van der Waals surface area contributed by atoms with E-state index in [2.05, 4.69) is 10.3 Å². The molecule has 1 aliphatic heterocycles. The Morgan fingerprint density at radius 1 is 1.61 bits per heavy atom. The van der Waals surface area contributed by atoms with E-state index in [1.165, 1.54) is 19.3 Å². The van der Waals surface area contributed by atoms with E-state index in [9.17, 15) is 9.59 Å². The van der Waals surface area contributed by atoms with Crippen molar-refractivity contribution in [3.8, 4) is 6.07 Å². The summed E-state index contributed by atoms with van der Waals surface area (Å²) in [6, 6.07) is 2.73. The number of carbonyl (C=O) groups is 2. The second-order valence-electron chi connectivity index (χ2n) is 3.92. The Hall–Kier alpha value is -2.62. The molecule has 7 nitrogen and oxygen atoms in total. The molecule has 1 fully saturated rings. The fourth-order valence-electron chi connectivity index (χ4n) is 1.72. The van der Waals surface area contributed by atoms with Crippen LogP contribution in [0.15, 0.2) is 12.3 Å². The van der Waals surface area contributed by atoms with Crippen molar-refractivity contribution in [2.75, 3.05) is 18.1 Å². The van der Waals surface area contributed by atoms with Crippen LogP contribution in [0.3, 0.4) is 0 Å². The van der Waals surface area contributed by atoms with Crippen molar-refractivity contribution < 1.29 is 9.59 Å². The summed E-state index contributed by atoms with van der Waals surface area (Å²) in [7, 11) is 1.43. The van der Waals surface area contributed by atoms with Crippen molar-refractivity contribution in [2.45, 2.75) is 12.5 Å². The average molecular weight is 245 g/mol. The first kappa shape index (κ1) is 11.9. The molecule has 1 unspecified atom stereocenters. The maximum atomic E-state index is 11.7. The van der Waals surface area contributed by atoms with Gasteiger partial charge in [0.25, 0.3) is 5.91 Å². The van der Waals surface area contributed by atoms with Gasteiger partial charge < -0.3 is 11.1 Å². The summed E-state index contributed by atoms with van der Waals surface area (Å²) in [5.41, 5.74) is 6.18. The second kappa shape index (κ2) is 4.33. The molecule has 0 saturated carbocycles. The molecule has 0 bridgehead atoms. The fraction of sp³-hybridized carbons (Fsp3) is 0.273. The van der Waals surface area contributed by atoms with Crippen molar-refractivity contribution in [2.24, 2.45) is 0 Å². The van der Waals surface area contributed by atoms with Gasteiger partial charge in [-0.2, -0.15) is 5.26 Å². The Labute approximate surface area is 103 Å². The molecule has 2 amide bonds. The zero-order valence-electron chi connectivity index (χ0n) is 9.67. The van der Waals surface area contributed by atoms with Crippen LogP contribution in [0.2, 0.25) is 0 Å². The predicted octanol–water partition coefficient (Wildman–Crippen LogP) is -0.295. The Balaban J connectivity index is 2.24. The van der Waals surface area contributed by atoms with Gasteiger partial charge in [-0.3, -0.25) is 14.5 Å². The molecule has 92 valence electrons. The number of hydrogen-bond donors (Lipinski definition) is 2. The SMILES string of the molecule is CN1C(=O)CC(Nc2nccc(C#N)c2N)C1=O. The number of hydrogen-bond acceptors (Lipinski definition) is 6. The zero-order chi connectivity index (χ0) is 13.3. The molecular weight excluding hydrogens is 234 g/mol. The number of rotatable bonds is 2. The van der Waals surface area contributed by atoms with Crippen LogP contribution in [0.4, 0.5) is 11.5 Å². The highest BCUT2D eigenvalue weighted by molar-refractivity contribution is 6.06. The number of nitrogens with two attached hydrogens (primary N) is 1. The predicted molar refractivity (Wildman–Crippen MR) is 63.2 cm³/mol. The number of pyridine rings is 1. The molecule has 2 heterocycles. The van der Waals surface area contributed by atoms with Gasteiger partial charge in [-0.1, -0.05) is 0 Å². The second-order valence-corrected chi connectivity index (χ2v) is 3.92. The van der Waals surface area contributed by atoms with Gasteiger partial charge in [-0.15, -0.1) is 0 Å². The molecule has 0 spiro atoms. The molecule has 0 radical (unpaired) electrons. The average Bonchev–Trinajstić information content (AvgIpc) is 2.60. The molecule has 1 atom stereocenters. The number of aromatic nitrogens is 1. The number of amides is 2. The lowest BCUT2D eigenvalue weighted by atomic mass is 10.2. The number of carbonyl (C=O) groups excluding carboxylic acids is 2. The van der Waals surface area contributed by atoms with Crippen LogP contribution in [-0.2, 0) is 9.59 Å². The Bertz CT molecular complexity index is 563. The zero-order valence-corrected chi connectivity index (χ0v) is 9.67. The van der Waals surface area contributed by atoms with Gasteiger partial charge in [-0.05, 0) is 6.07 Å². The van der Waals surface area contributed by atoms with Crippen molar-refractivity contribution in [3.63, 3.8) is 0 Å². The summed E-state index contributed by atoms with van der Waals surface area (Å²) in [6.45, 7) is 0. The highest BCUT2D eigenvalue weighted by Crippen LogP contribution is 2.22. The highest BCUT2D eigenvalue weighted by Gasteiger charge is 2.36. The minimum Gasteiger partial charge on any atom is -0.395 e. The number of imide groups is 1. The summed E-state index contributed by atoms with van der Waals surface area (Å²) >= 11 is 0. The van der Waals surface area contributed by atoms with Gasteiger partial charge in [-0.25, -0.2) is 4.98 Å². The summed E-state index contributed by atoms with van der Waals surface area (Å²) in [4.78, 5) is 28.1. The van der Waals surface area contributed by atoms with Crippen LogP contribution in [0.5, 0.6) is 0 Å². The van der Waals surface area contributed by atoms with E-state index in [1.54, 1.807) is 0 Å². The van der Waals surface area contributed by atoms with Crippen LogP contribution in [-0.4, -0.2) is 34.8 Å². The lowest BCUT2D eigenvalue weighted by Gasteiger charge is -2.13. The molecule has 2 rings (SSSR count). The molecule has 1 aromatic rings. The monoisotopic (exact) mass is 245 g/mol. The van der Waals surface area contributed by atoms with Crippen LogP contribution >= 0.6 is 0 Å². The molecule has 1 aromatic heterocycles. The maximum absolute atomic E-state index is 11.7.